The Labute approximate surface area is 123 Å². The third-order valence-corrected chi connectivity index (χ3v) is 3.95. The molecule has 1 N–H and O–H groups in total. The predicted molar refractivity (Wildman–Crippen MR) is 82.5 cm³/mol. The maximum atomic E-state index is 5.39. The predicted octanol–water partition coefficient (Wildman–Crippen LogP) is 4.75. The van der Waals surface area contributed by atoms with E-state index in [9.17, 15) is 0 Å². The van der Waals surface area contributed by atoms with Crippen molar-refractivity contribution in [2.75, 3.05) is 6.54 Å². The molecule has 0 amide bonds. The number of rotatable bonds is 5. The van der Waals surface area contributed by atoms with Gasteiger partial charge in [-0.25, -0.2) is 0 Å². The maximum absolute atomic E-state index is 5.39. The SMILES string of the molecule is CCCNC(c1cc(C)ccc1C)c1ccoc1Br. The van der Waals surface area contributed by atoms with Gasteiger partial charge in [-0.2, -0.15) is 0 Å². The van der Waals surface area contributed by atoms with Crippen LogP contribution in [0, 0.1) is 13.8 Å². The molecule has 0 aliphatic rings. The van der Waals surface area contributed by atoms with E-state index in [1.165, 1.54) is 16.7 Å². The number of nitrogens with one attached hydrogen (secondary N) is 1. The zero-order valence-corrected chi connectivity index (χ0v) is 13.3. The fourth-order valence-corrected chi connectivity index (χ4v) is 2.73. The highest BCUT2D eigenvalue weighted by atomic mass is 79.9. The van der Waals surface area contributed by atoms with Crippen molar-refractivity contribution in [1.29, 1.82) is 0 Å². The molecule has 2 aromatic rings. The monoisotopic (exact) mass is 321 g/mol. The van der Waals surface area contributed by atoms with E-state index >= 15 is 0 Å². The molecule has 1 atom stereocenters. The van der Waals surface area contributed by atoms with Gasteiger partial charge in [-0.15, -0.1) is 0 Å². The van der Waals surface area contributed by atoms with Gasteiger partial charge in [-0.05, 0) is 59.9 Å². The Morgan fingerprint density at radius 2 is 2.00 bits per heavy atom. The van der Waals surface area contributed by atoms with Crippen LogP contribution < -0.4 is 5.32 Å². The summed E-state index contributed by atoms with van der Waals surface area (Å²) in [6.45, 7) is 7.45. The lowest BCUT2D eigenvalue weighted by molar-refractivity contribution is 0.523. The Hall–Kier alpha value is -1.06. The molecule has 19 heavy (non-hydrogen) atoms. The molecule has 1 heterocycles. The molecular formula is C16H20BrNO. The molecule has 3 heteroatoms. The fraction of sp³-hybridized carbons (Fsp3) is 0.375. The minimum atomic E-state index is 0.174. The van der Waals surface area contributed by atoms with Gasteiger partial charge >= 0.3 is 0 Å². The molecule has 102 valence electrons. The second-order valence-electron chi connectivity index (χ2n) is 4.90. The molecule has 2 nitrogen and oxygen atoms in total. The highest BCUT2D eigenvalue weighted by molar-refractivity contribution is 9.10. The summed E-state index contributed by atoms with van der Waals surface area (Å²) in [6, 6.07) is 8.79. The largest absolute Gasteiger partial charge is 0.457 e. The summed E-state index contributed by atoms with van der Waals surface area (Å²) < 4.78 is 6.20. The van der Waals surface area contributed by atoms with Gasteiger partial charge in [-0.3, -0.25) is 0 Å². The van der Waals surface area contributed by atoms with Crippen LogP contribution in [0.25, 0.3) is 0 Å². The van der Waals surface area contributed by atoms with Gasteiger partial charge in [0.15, 0.2) is 4.67 Å². The van der Waals surface area contributed by atoms with Gasteiger partial charge in [0, 0.05) is 5.56 Å². The van der Waals surface area contributed by atoms with Crippen molar-refractivity contribution in [1.82, 2.24) is 5.32 Å². The van der Waals surface area contributed by atoms with Crippen LogP contribution in [-0.2, 0) is 0 Å². The summed E-state index contributed by atoms with van der Waals surface area (Å²) in [4.78, 5) is 0. The molecule has 0 saturated carbocycles. The molecular weight excluding hydrogens is 302 g/mol. The lowest BCUT2D eigenvalue weighted by Gasteiger charge is -2.21. The first-order valence-electron chi connectivity index (χ1n) is 6.67. The van der Waals surface area contributed by atoms with E-state index in [2.05, 4.69) is 60.2 Å². The standard InChI is InChI=1S/C16H20BrNO/c1-4-8-18-15(13-7-9-19-16(13)17)14-10-11(2)5-6-12(14)3/h5-7,9-10,15,18H,4,8H2,1-3H3. The van der Waals surface area contributed by atoms with Crippen molar-refractivity contribution in [2.45, 2.75) is 33.2 Å². The third-order valence-electron chi connectivity index (χ3n) is 3.30. The van der Waals surface area contributed by atoms with Crippen LogP contribution in [0.5, 0.6) is 0 Å². The maximum Gasteiger partial charge on any atom is 0.174 e. The zero-order valence-electron chi connectivity index (χ0n) is 11.7. The Bertz CT molecular complexity index is 547. The van der Waals surface area contributed by atoms with E-state index in [4.69, 9.17) is 4.42 Å². The number of hydrogen-bond acceptors (Lipinski definition) is 2. The second kappa shape index (κ2) is 6.40. The molecule has 0 radical (unpaired) electrons. The molecule has 0 fully saturated rings. The van der Waals surface area contributed by atoms with Crippen LogP contribution in [0.15, 0.2) is 39.6 Å². The van der Waals surface area contributed by atoms with Gasteiger partial charge in [0.25, 0.3) is 0 Å². The molecule has 0 saturated heterocycles. The lowest BCUT2D eigenvalue weighted by atomic mass is 9.95. The first kappa shape index (κ1) is 14.4. The Kier molecular flexibility index (Phi) is 4.83. The highest BCUT2D eigenvalue weighted by Gasteiger charge is 2.19. The molecule has 0 aliphatic carbocycles. The van der Waals surface area contributed by atoms with Crippen LogP contribution >= 0.6 is 15.9 Å². The normalized spacial score (nSPS) is 12.6. The van der Waals surface area contributed by atoms with Crippen molar-refractivity contribution in [3.8, 4) is 0 Å². The number of furan rings is 1. The summed E-state index contributed by atoms with van der Waals surface area (Å²) in [5, 5.41) is 3.61. The van der Waals surface area contributed by atoms with Gasteiger partial charge < -0.3 is 9.73 Å². The van der Waals surface area contributed by atoms with Crippen molar-refractivity contribution in [3.05, 3.63) is 57.5 Å². The van der Waals surface area contributed by atoms with Crippen LogP contribution in [0.3, 0.4) is 0 Å². The minimum absolute atomic E-state index is 0.174. The van der Waals surface area contributed by atoms with E-state index in [0.717, 1.165) is 23.2 Å². The first-order valence-corrected chi connectivity index (χ1v) is 7.46. The first-order chi connectivity index (χ1) is 9.13. The lowest BCUT2D eigenvalue weighted by Crippen LogP contribution is -2.24. The van der Waals surface area contributed by atoms with Crippen molar-refractivity contribution in [3.63, 3.8) is 0 Å². The van der Waals surface area contributed by atoms with Gasteiger partial charge in [0.2, 0.25) is 0 Å². The molecule has 1 unspecified atom stereocenters. The molecule has 2 rings (SSSR count). The summed E-state index contributed by atoms with van der Waals surface area (Å²) in [5.41, 5.74) is 5.05. The average Bonchev–Trinajstić information content (AvgIpc) is 2.80. The van der Waals surface area contributed by atoms with Gasteiger partial charge in [0.1, 0.15) is 0 Å². The van der Waals surface area contributed by atoms with Crippen LogP contribution in [0.4, 0.5) is 0 Å². The molecule has 1 aromatic heterocycles. The molecule has 0 spiro atoms. The number of halogens is 1. The second-order valence-corrected chi connectivity index (χ2v) is 5.62. The summed E-state index contributed by atoms with van der Waals surface area (Å²) in [5.74, 6) is 0. The van der Waals surface area contributed by atoms with E-state index in [1.807, 2.05) is 6.07 Å². The Morgan fingerprint density at radius 1 is 1.21 bits per heavy atom. The summed E-state index contributed by atoms with van der Waals surface area (Å²) in [7, 11) is 0. The quantitative estimate of drug-likeness (QED) is 0.859. The summed E-state index contributed by atoms with van der Waals surface area (Å²) in [6.07, 6.45) is 2.84. The minimum Gasteiger partial charge on any atom is -0.457 e. The van der Waals surface area contributed by atoms with Crippen LogP contribution in [0.2, 0.25) is 0 Å². The van der Waals surface area contributed by atoms with Crippen molar-refractivity contribution in [2.24, 2.45) is 0 Å². The Morgan fingerprint density at radius 3 is 2.63 bits per heavy atom. The Balaban J connectivity index is 2.42. The van der Waals surface area contributed by atoms with E-state index in [1.54, 1.807) is 6.26 Å². The molecule has 0 bridgehead atoms. The molecule has 0 aliphatic heterocycles. The van der Waals surface area contributed by atoms with Gasteiger partial charge in [0.05, 0.1) is 12.3 Å². The topological polar surface area (TPSA) is 25.2 Å². The third kappa shape index (κ3) is 3.28. The van der Waals surface area contributed by atoms with E-state index in [0.29, 0.717) is 0 Å². The average molecular weight is 322 g/mol. The van der Waals surface area contributed by atoms with E-state index < -0.39 is 0 Å². The number of hydrogen-bond donors (Lipinski definition) is 1. The zero-order chi connectivity index (χ0) is 13.8. The fourth-order valence-electron chi connectivity index (χ4n) is 2.26. The number of aryl methyl sites for hydroxylation is 2. The van der Waals surface area contributed by atoms with Crippen LogP contribution in [-0.4, -0.2) is 6.54 Å². The number of benzene rings is 1. The van der Waals surface area contributed by atoms with Crippen molar-refractivity contribution >= 4 is 15.9 Å². The van der Waals surface area contributed by atoms with E-state index in [-0.39, 0.29) is 6.04 Å². The molecule has 1 aromatic carbocycles. The van der Waals surface area contributed by atoms with Crippen LogP contribution in [0.1, 0.15) is 41.6 Å². The smallest absolute Gasteiger partial charge is 0.174 e. The van der Waals surface area contributed by atoms with Crippen molar-refractivity contribution < 1.29 is 4.42 Å². The highest BCUT2D eigenvalue weighted by Crippen LogP contribution is 2.31. The summed E-state index contributed by atoms with van der Waals surface area (Å²) >= 11 is 3.49. The van der Waals surface area contributed by atoms with Gasteiger partial charge in [-0.1, -0.05) is 30.7 Å².